The van der Waals surface area contributed by atoms with Crippen molar-refractivity contribution < 1.29 is 4.79 Å². The number of nitrogens with zero attached hydrogens (tertiary/aromatic N) is 1. The average molecular weight is 155 g/mol. The summed E-state index contributed by atoms with van der Waals surface area (Å²) in [6.07, 6.45) is 3.30. The van der Waals surface area contributed by atoms with Crippen molar-refractivity contribution >= 4 is 5.91 Å². The van der Waals surface area contributed by atoms with Gasteiger partial charge in [0.1, 0.15) is 0 Å². The predicted octanol–water partition coefficient (Wildman–Crippen LogP) is 0.160. The maximum Gasteiger partial charge on any atom is 0.236 e. The first-order valence-electron chi connectivity index (χ1n) is 4.08. The number of carbonyl (C=O) groups is 1. The van der Waals surface area contributed by atoms with Gasteiger partial charge >= 0.3 is 0 Å². The van der Waals surface area contributed by atoms with Gasteiger partial charge in [0.15, 0.2) is 0 Å². The number of amides is 1. The van der Waals surface area contributed by atoms with Crippen LogP contribution in [-0.2, 0) is 4.79 Å². The quantitative estimate of drug-likeness (QED) is 0.586. The molecule has 0 aromatic rings. The molecule has 1 radical (unpaired) electrons. The number of carbonyl (C=O) groups excluding carboxylic acids is 1. The van der Waals surface area contributed by atoms with E-state index in [-0.39, 0.29) is 18.5 Å². The van der Waals surface area contributed by atoms with Gasteiger partial charge in [-0.1, -0.05) is 0 Å². The van der Waals surface area contributed by atoms with Gasteiger partial charge in [0.25, 0.3) is 0 Å². The Morgan fingerprint density at radius 1 is 1.64 bits per heavy atom. The third kappa shape index (κ3) is 1.93. The van der Waals surface area contributed by atoms with Gasteiger partial charge in [0.05, 0.1) is 6.54 Å². The number of nitrogens with two attached hydrogens (primary N) is 1. The topological polar surface area (TPSA) is 46.3 Å². The van der Waals surface area contributed by atoms with Crippen molar-refractivity contribution in [1.29, 1.82) is 0 Å². The zero-order valence-corrected chi connectivity index (χ0v) is 6.75. The van der Waals surface area contributed by atoms with Crippen LogP contribution in [0.4, 0.5) is 0 Å². The van der Waals surface area contributed by atoms with Crippen LogP contribution in [0.5, 0.6) is 0 Å². The van der Waals surface area contributed by atoms with Gasteiger partial charge in [-0.15, -0.1) is 0 Å². The van der Waals surface area contributed by atoms with Gasteiger partial charge in [0.2, 0.25) is 5.91 Å². The lowest BCUT2D eigenvalue weighted by Crippen LogP contribution is -2.45. The normalized spacial score (nSPS) is 25.3. The number of likely N-dealkylation sites (tertiary alicyclic amines) is 1. The molecule has 1 unspecified atom stereocenters. The fourth-order valence-corrected chi connectivity index (χ4v) is 1.45. The molecule has 11 heavy (non-hydrogen) atoms. The molecule has 0 saturated carbocycles. The molecule has 0 aromatic carbocycles. The van der Waals surface area contributed by atoms with E-state index >= 15 is 0 Å². The molecule has 2 N–H and O–H groups in total. The second kappa shape index (κ2) is 3.72. The van der Waals surface area contributed by atoms with E-state index < -0.39 is 0 Å². The molecule has 1 fully saturated rings. The van der Waals surface area contributed by atoms with Gasteiger partial charge < -0.3 is 10.6 Å². The molecule has 1 saturated heterocycles. The highest BCUT2D eigenvalue weighted by atomic mass is 16.2. The highest BCUT2D eigenvalue weighted by Crippen LogP contribution is 2.15. The second-order valence-electron chi connectivity index (χ2n) is 2.94. The molecule has 1 aliphatic heterocycles. The Morgan fingerprint density at radius 2 is 2.36 bits per heavy atom. The summed E-state index contributed by atoms with van der Waals surface area (Å²) in [5.74, 6) is 0.0321. The zero-order chi connectivity index (χ0) is 8.27. The minimum Gasteiger partial charge on any atom is -0.339 e. The van der Waals surface area contributed by atoms with E-state index in [2.05, 4.69) is 6.92 Å². The molecule has 0 spiro atoms. The lowest BCUT2D eigenvalue weighted by atomic mass is 10.0. The van der Waals surface area contributed by atoms with Gasteiger partial charge in [-0.3, -0.25) is 4.79 Å². The van der Waals surface area contributed by atoms with Gasteiger partial charge in [-0.05, 0) is 26.2 Å². The van der Waals surface area contributed by atoms with Crippen LogP contribution < -0.4 is 5.73 Å². The summed E-state index contributed by atoms with van der Waals surface area (Å²) < 4.78 is 0. The SMILES string of the molecule is [CH2]C1CCCCN1C(=O)CN. The summed E-state index contributed by atoms with van der Waals surface area (Å²) >= 11 is 0. The first-order chi connectivity index (χ1) is 5.25. The van der Waals surface area contributed by atoms with Crippen molar-refractivity contribution in [2.45, 2.75) is 25.3 Å². The van der Waals surface area contributed by atoms with E-state index in [0.29, 0.717) is 0 Å². The maximum atomic E-state index is 11.1. The first kappa shape index (κ1) is 8.53. The van der Waals surface area contributed by atoms with E-state index in [1.165, 1.54) is 6.42 Å². The lowest BCUT2D eigenvalue weighted by molar-refractivity contribution is -0.132. The predicted molar refractivity (Wildman–Crippen MR) is 43.8 cm³/mol. The Morgan fingerprint density at radius 3 is 2.91 bits per heavy atom. The highest BCUT2D eigenvalue weighted by molar-refractivity contribution is 5.78. The van der Waals surface area contributed by atoms with Crippen LogP contribution in [-0.4, -0.2) is 29.9 Å². The van der Waals surface area contributed by atoms with Gasteiger partial charge in [-0.25, -0.2) is 0 Å². The molecular weight excluding hydrogens is 140 g/mol. The van der Waals surface area contributed by atoms with E-state index in [4.69, 9.17) is 5.73 Å². The summed E-state index contributed by atoms with van der Waals surface area (Å²) in [6, 6.07) is 0.153. The van der Waals surface area contributed by atoms with Gasteiger partial charge in [-0.2, -0.15) is 0 Å². The summed E-state index contributed by atoms with van der Waals surface area (Å²) in [4.78, 5) is 12.9. The molecule has 1 atom stereocenters. The van der Waals surface area contributed by atoms with Crippen LogP contribution in [0.1, 0.15) is 19.3 Å². The summed E-state index contributed by atoms with van der Waals surface area (Å²) in [7, 11) is 0. The molecule has 0 aromatic heterocycles. The van der Waals surface area contributed by atoms with E-state index in [0.717, 1.165) is 19.4 Å². The van der Waals surface area contributed by atoms with Crippen LogP contribution in [0.15, 0.2) is 0 Å². The Bertz CT molecular complexity index is 147. The standard InChI is InChI=1S/C8H15N2O/c1-7-4-2-3-5-10(7)8(11)6-9/h7H,1-6,9H2. The number of piperidine rings is 1. The molecule has 3 nitrogen and oxygen atoms in total. The van der Waals surface area contributed by atoms with Crippen LogP contribution in [0.3, 0.4) is 0 Å². The van der Waals surface area contributed by atoms with Crippen LogP contribution in [0, 0.1) is 6.92 Å². The molecule has 3 heteroatoms. The largest absolute Gasteiger partial charge is 0.339 e. The second-order valence-corrected chi connectivity index (χ2v) is 2.94. The third-order valence-electron chi connectivity index (χ3n) is 2.12. The molecule has 1 aliphatic rings. The summed E-state index contributed by atoms with van der Waals surface area (Å²) in [5, 5.41) is 0. The van der Waals surface area contributed by atoms with Gasteiger partial charge in [0, 0.05) is 12.6 Å². The average Bonchev–Trinajstić information content (AvgIpc) is 2.04. The number of hydrogen-bond acceptors (Lipinski definition) is 2. The minimum atomic E-state index is 0.0321. The van der Waals surface area contributed by atoms with E-state index in [1.807, 2.05) is 0 Å². The number of hydrogen-bond donors (Lipinski definition) is 1. The molecule has 1 rings (SSSR count). The fraction of sp³-hybridized carbons (Fsp3) is 0.750. The Balaban J connectivity index is 2.47. The van der Waals surface area contributed by atoms with Crippen molar-refractivity contribution in [3.05, 3.63) is 6.92 Å². The summed E-state index contributed by atoms with van der Waals surface area (Å²) in [6.45, 7) is 4.85. The van der Waals surface area contributed by atoms with Crippen LogP contribution in [0.2, 0.25) is 0 Å². The molecular formula is C8H15N2O. The summed E-state index contributed by atoms with van der Waals surface area (Å²) in [5.41, 5.74) is 5.25. The molecule has 0 aliphatic carbocycles. The monoisotopic (exact) mass is 155 g/mol. The van der Waals surface area contributed by atoms with Crippen molar-refractivity contribution in [2.24, 2.45) is 5.73 Å². The van der Waals surface area contributed by atoms with Crippen molar-refractivity contribution in [2.75, 3.05) is 13.1 Å². The maximum absolute atomic E-state index is 11.1. The molecule has 0 bridgehead atoms. The van der Waals surface area contributed by atoms with E-state index in [9.17, 15) is 4.79 Å². The lowest BCUT2D eigenvalue weighted by Gasteiger charge is -2.32. The minimum absolute atomic E-state index is 0.0321. The number of rotatable bonds is 1. The highest BCUT2D eigenvalue weighted by Gasteiger charge is 2.21. The zero-order valence-electron chi connectivity index (χ0n) is 6.75. The molecule has 63 valence electrons. The third-order valence-corrected chi connectivity index (χ3v) is 2.12. The molecule has 1 heterocycles. The van der Waals surface area contributed by atoms with Crippen molar-refractivity contribution in [1.82, 2.24) is 4.90 Å². The molecule has 1 amide bonds. The first-order valence-corrected chi connectivity index (χ1v) is 4.08. The Kier molecular flexibility index (Phi) is 2.88. The van der Waals surface area contributed by atoms with Crippen LogP contribution >= 0.6 is 0 Å². The Hall–Kier alpha value is -0.570. The Labute approximate surface area is 67.5 Å². The van der Waals surface area contributed by atoms with Crippen molar-refractivity contribution in [3.8, 4) is 0 Å². The van der Waals surface area contributed by atoms with Crippen molar-refractivity contribution in [3.63, 3.8) is 0 Å². The fourth-order valence-electron chi connectivity index (χ4n) is 1.45. The van der Waals surface area contributed by atoms with E-state index in [1.54, 1.807) is 4.90 Å². The van der Waals surface area contributed by atoms with Crippen LogP contribution in [0.25, 0.3) is 0 Å². The smallest absolute Gasteiger partial charge is 0.236 e.